The van der Waals surface area contributed by atoms with Gasteiger partial charge in [-0.1, -0.05) is 12.1 Å². The number of methoxy groups -OCH3 is 2. The zero-order valence-electron chi connectivity index (χ0n) is 17.2. The predicted octanol–water partition coefficient (Wildman–Crippen LogP) is 2.64. The fourth-order valence-electron chi connectivity index (χ4n) is 3.20. The lowest BCUT2D eigenvalue weighted by Crippen LogP contribution is -2.47. The highest BCUT2D eigenvalue weighted by Gasteiger charge is 2.19. The number of rotatable bonds is 8. The molecule has 0 saturated carbocycles. The van der Waals surface area contributed by atoms with Crippen LogP contribution in [-0.2, 0) is 16.1 Å². The van der Waals surface area contributed by atoms with Crippen LogP contribution < -0.4 is 9.47 Å². The van der Waals surface area contributed by atoms with E-state index in [1.165, 1.54) is 5.56 Å². The first kappa shape index (κ1) is 21.3. The number of hydrogen-bond donors (Lipinski definition) is 0. The molecule has 1 aliphatic rings. The molecule has 0 unspecified atom stereocenters. The van der Waals surface area contributed by atoms with Gasteiger partial charge in [0.1, 0.15) is 6.61 Å². The van der Waals surface area contributed by atoms with Gasteiger partial charge in [-0.3, -0.25) is 9.80 Å². The molecule has 1 fully saturated rings. The molecule has 6 heteroatoms. The molecular formula is C21H32N2O4. The first-order valence-electron chi connectivity index (χ1n) is 9.45. The van der Waals surface area contributed by atoms with Crippen molar-refractivity contribution >= 4 is 5.97 Å². The molecule has 150 valence electrons. The second kappa shape index (κ2) is 10.3. The van der Waals surface area contributed by atoms with Gasteiger partial charge >= 0.3 is 5.97 Å². The third kappa shape index (κ3) is 5.71. The van der Waals surface area contributed by atoms with Crippen LogP contribution in [-0.4, -0.2) is 69.3 Å². The molecule has 0 aliphatic carbocycles. The third-order valence-electron chi connectivity index (χ3n) is 5.16. The van der Waals surface area contributed by atoms with Crippen LogP contribution in [0, 0.1) is 6.92 Å². The summed E-state index contributed by atoms with van der Waals surface area (Å²) in [4.78, 5) is 16.5. The summed E-state index contributed by atoms with van der Waals surface area (Å²) in [5.74, 6) is 1.36. The lowest BCUT2D eigenvalue weighted by atomic mass is 10.1. The fraction of sp³-hybridized carbons (Fsp3) is 0.571. The largest absolute Gasteiger partial charge is 0.493 e. The zero-order valence-corrected chi connectivity index (χ0v) is 17.2. The number of benzene rings is 1. The summed E-state index contributed by atoms with van der Waals surface area (Å²) in [5, 5.41) is 0. The Kier molecular flexibility index (Phi) is 8.13. The highest BCUT2D eigenvalue weighted by molar-refractivity contribution is 5.87. The Labute approximate surface area is 162 Å². The van der Waals surface area contributed by atoms with Crippen molar-refractivity contribution in [1.82, 2.24) is 9.80 Å². The number of nitrogens with zero attached hydrogens (tertiary/aromatic N) is 2. The highest BCUT2D eigenvalue weighted by Crippen LogP contribution is 2.33. The van der Waals surface area contributed by atoms with Gasteiger partial charge in [0, 0.05) is 44.8 Å². The van der Waals surface area contributed by atoms with Crippen molar-refractivity contribution in [3.8, 4) is 11.5 Å². The second-order valence-electron chi connectivity index (χ2n) is 6.81. The molecule has 27 heavy (non-hydrogen) atoms. The molecule has 1 saturated heterocycles. The lowest BCUT2D eigenvalue weighted by Gasteiger charge is -2.34. The Balaban J connectivity index is 1.80. The molecule has 0 bridgehead atoms. The first-order valence-corrected chi connectivity index (χ1v) is 9.45. The van der Waals surface area contributed by atoms with Crippen molar-refractivity contribution in [3.63, 3.8) is 0 Å². The van der Waals surface area contributed by atoms with E-state index in [1.807, 2.05) is 13.0 Å². The maximum Gasteiger partial charge on any atom is 0.333 e. The van der Waals surface area contributed by atoms with Crippen molar-refractivity contribution < 1.29 is 19.0 Å². The standard InChI is InChI=1S/C21H32N2O4/c1-6-16(2)21(24)27-14-13-22-9-11-23(12-10-22)15-18-7-8-19(25-4)20(26-5)17(18)3/h6-8H,9-15H2,1-5H3/b16-6+. The van der Waals surface area contributed by atoms with Crippen LogP contribution in [0.5, 0.6) is 11.5 Å². The molecule has 1 aliphatic heterocycles. The molecule has 0 N–H and O–H groups in total. The van der Waals surface area contributed by atoms with Crippen LogP contribution in [0.15, 0.2) is 23.8 Å². The Hall–Kier alpha value is -2.05. The fourth-order valence-corrected chi connectivity index (χ4v) is 3.20. The second-order valence-corrected chi connectivity index (χ2v) is 6.81. The van der Waals surface area contributed by atoms with Crippen molar-refractivity contribution in [1.29, 1.82) is 0 Å². The van der Waals surface area contributed by atoms with Crippen molar-refractivity contribution in [2.24, 2.45) is 0 Å². The van der Waals surface area contributed by atoms with Gasteiger partial charge in [0.05, 0.1) is 14.2 Å². The van der Waals surface area contributed by atoms with Crippen LogP contribution in [0.1, 0.15) is 25.0 Å². The SMILES string of the molecule is C/C=C(\C)C(=O)OCCN1CCN(Cc2ccc(OC)c(OC)c2C)CC1. The van der Waals surface area contributed by atoms with E-state index in [9.17, 15) is 4.79 Å². The molecule has 0 aromatic heterocycles. The van der Waals surface area contributed by atoms with Gasteiger partial charge in [-0.25, -0.2) is 4.79 Å². The molecule has 0 radical (unpaired) electrons. The van der Waals surface area contributed by atoms with E-state index in [0.29, 0.717) is 12.2 Å². The van der Waals surface area contributed by atoms with E-state index in [1.54, 1.807) is 27.2 Å². The minimum atomic E-state index is -0.222. The molecular weight excluding hydrogens is 344 g/mol. The number of hydrogen-bond acceptors (Lipinski definition) is 6. The highest BCUT2D eigenvalue weighted by atomic mass is 16.5. The van der Waals surface area contributed by atoms with Gasteiger partial charge in [0.25, 0.3) is 0 Å². The summed E-state index contributed by atoms with van der Waals surface area (Å²) in [5.41, 5.74) is 3.05. The molecule has 6 nitrogen and oxygen atoms in total. The van der Waals surface area contributed by atoms with Crippen LogP contribution in [0.25, 0.3) is 0 Å². The minimum Gasteiger partial charge on any atom is -0.493 e. The summed E-state index contributed by atoms with van der Waals surface area (Å²) in [7, 11) is 3.34. The van der Waals surface area contributed by atoms with E-state index in [-0.39, 0.29) is 5.97 Å². The first-order chi connectivity index (χ1) is 13.0. The maximum atomic E-state index is 11.7. The Bertz CT molecular complexity index is 664. The van der Waals surface area contributed by atoms with Crippen LogP contribution in [0.4, 0.5) is 0 Å². The van der Waals surface area contributed by atoms with Gasteiger partial charge in [0.2, 0.25) is 0 Å². The molecule has 0 spiro atoms. The molecule has 1 aromatic rings. The average Bonchev–Trinajstić information content (AvgIpc) is 2.69. The Morgan fingerprint density at radius 2 is 1.78 bits per heavy atom. The third-order valence-corrected chi connectivity index (χ3v) is 5.16. The van der Waals surface area contributed by atoms with Crippen LogP contribution in [0.3, 0.4) is 0 Å². The minimum absolute atomic E-state index is 0.222. The molecule has 0 atom stereocenters. The van der Waals surface area contributed by atoms with Crippen LogP contribution in [0.2, 0.25) is 0 Å². The van der Waals surface area contributed by atoms with E-state index >= 15 is 0 Å². The van der Waals surface area contributed by atoms with Gasteiger partial charge < -0.3 is 14.2 Å². The van der Waals surface area contributed by atoms with Gasteiger partial charge in [-0.15, -0.1) is 0 Å². The number of piperazine rings is 1. The summed E-state index contributed by atoms with van der Waals surface area (Å²) < 4.78 is 16.2. The number of carbonyl (C=O) groups is 1. The molecule has 1 aromatic carbocycles. The van der Waals surface area contributed by atoms with E-state index in [0.717, 1.165) is 56.3 Å². The van der Waals surface area contributed by atoms with E-state index in [4.69, 9.17) is 14.2 Å². The summed E-state index contributed by atoms with van der Waals surface area (Å²) in [6.07, 6.45) is 1.78. The number of carbonyl (C=O) groups excluding carboxylic acids is 1. The quantitative estimate of drug-likeness (QED) is 0.514. The van der Waals surface area contributed by atoms with Gasteiger partial charge in [-0.05, 0) is 38.0 Å². The summed E-state index contributed by atoms with van der Waals surface area (Å²) in [6, 6.07) is 4.09. The van der Waals surface area contributed by atoms with E-state index < -0.39 is 0 Å². The number of allylic oxidation sites excluding steroid dienone is 1. The zero-order chi connectivity index (χ0) is 19.8. The number of ether oxygens (including phenoxy) is 3. The lowest BCUT2D eigenvalue weighted by molar-refractivity contribution is -0.139. The topological polar surface area (TPSA) is 51.2 Å². The normalized spacial score (nSPS) is 16.3. The van der Waals surface area contributed by atoms with E-state index in [2.05, 4.69) is 22.8 Å². The average molecular weight is 376 g/mol. The van der Waals surface area contributed by atoms with Gasteiger partial charge in [-0.2, -0.15) is 0 Å². The van der Waals surface area contributed by atoms with Crippen molar-refractivity contribution in [2.75, 3.05) is 53.6 Å². The number of esters is 1. The van der Waals surface area contributed by atoms with Crippen molar-refractivity contribution in [3.05, 3.63) is 34.9 Å². The molecule has 2 rings (SSSR count). The predicted molar refractivity (Wildman–Crippen MR) is 106 cm³/mol. The van der Waals surface area contributed by atoms with Crippen molar-refractivity contribution in [2.45, 2.75) is 27.3 Å². The monoisotopic (exact) mass is 376 g/mol. The van der Waals surface area contributed by atoms with Gasteiger partial charge in [0.15, 0.2) is 11.5 Å². The summed E-state index contributed by atoms with van der Waals surface area (Å²) in [6.45, 7) is 11.8. The maximum absolute atomic E-state index is 11.7. The Morgan fingerprint density at radius 1 is 1.11 bits per heavy atom. The smallest absolute Gasteiger partial charge is 0.333 e. The Morgan fingerprint density at radius 3 is 2.37 bits per heavy atom. The summed E-state index contributed by atoms with van der Waals surface area (Å²) >= 11 is 0. The molecule has 0 amide bonds. The molecule has 1 heterocycles. The van der Waals surface area contributed by atoms with Crippen LogP contribution >= 0.6 is 0 Å².